The van der Waals surface area contributed by atoms with Crippen LogP contribution >= 0.6 is 12.6 Å². The first kappa shape index (κ1) is 28.4. The van der Waals surface area contributed by atoms with Crippen LogP contribution < -0.4 is 21.7 Å². The predicted octanol–water partition coefficient (Wildman–Crippen LogP) is 0.727. The lowest BCUT2D eigenvalue weighted by molar-refractivity contribution is -0.142. The Kier molecular flexibility index (Phi) is 11.9. The Hall–Kier alpha value is -2.59. The molecule has 1 aromatic carbocycles. The van der Waals surface area contributed by atoms with Gasteiger partial charge in [-0.25, -0.2) is 4.79 Å². The third kappa shape index (κ3) is 9.05. The first-order valence-corrected chi connectivity index (χ1v) is 11.7. The molecule has 184 valence electrons. The molecule has 0 aliphatic rings. The van der Waals surface area contributed by atoms with E-state index < -0.39 is 47.9 Å². The van der Waals surface area contributed by atoms with Crippen molar-refractivity contribution in [2.45, 2.75) is 64.7 Å². The van der Waals surface area contributed by atoms with Crippen LogP contribution in [0.2, 0.25) is 0 Å². The van der Waals surface area contributed by atoms with E-state index in [0.717, 1.165) is 5.56 Å². The number of carbonyl (C=O) groups is 4. The second kappa shape index (κ2) is 13.8. The Bertz CT molecular complexity index is 805. The molecule has 10 heteroatoms. The van der Waals surface area contributed by atoms with Gasteiger partial charge in [0.15, 0.2) is 0 Å². The number of hydrogen-bond acceptors (Lipinski definition) is 6. The maximum absolute atomic E-state index is 12.9. The van der Waals surface area contributed by atoms with E-state index in [4.69, 9.17) is 5.73 Å². The highest BCUT2D eigenvalue weighted by Gasteiger charge is 2.32. The van der Waals surface area contributed by atoms with Crippen LogP contribution in [0.4, 0.5) is 0 Å². The summed E-state index contributed by atoms with van der Waals surface area (Å²) in [7, 11) is 0. The number of hydrogen-bond donors (Lipinski definition) is 6. The molecule has 5 unspecified atom stereocenters. The fourth-order valence-corrected chi connectivity index (χ4v) is 3.33. The zero-order valence-corrected chi connectivity index (χ0v) is 20.5. The molecule has 0 fully saturated rings. The fourth-order valence-electron chi connectivity index (χ4n) is 3.07. The summed E-state index contributed by atoms with van der Waals surface area (Å²) in [4.78, 5) is 49.7. The van der Waals surface area contributed by atoms with Crippen LogP contribution in [0.15, 0.2) is 30.3 Å². The van der Waals surface area contributed by atoms with Gasteiger partial charge >= 0.3 is 5.97 Å². The van der Waals surface area contributed by atoms with Crippen LogP contribution in [0.5, 0.6) is 0 Å². The van der Waals surface area contributed by atoms with Crippen LogP contribution in [0, 0.1) is 11.8 Å². The zero-order chi connectivity index (χ0) is 25.1. The highest BCUT2D eigenvalue weighted by atomic mass is 32.1. The van der Waals surface area contributed by atoms with E-state index in [2.05, 4.69) is 28.6 Å². The van der Waals surface area contributed by atoms with Gasteiger partial charge in [0.25, 0.3) is 0 Å². The molecule has 0 bridgehead atoms. The van der Waals surface area contributed by atoms with Crippen molar-refractivity contribution < 1.29 is 24.3 Å². The van der Waals surface area contributed by atoms with Gasteiger partial charge in [-0.05, 0) is 17.4 Å². The molecule has 33 heavy (non-hydrogen) atoms. The lowest BCUT2D eigenvalue weighted by Crippen LogP contribution is -2.59. The maximum atomic E-state index is 12.9. The minimum atomic E-state index is -1.19. The van der Waals surface area contributed by atoms with Crippen molar-refractivity contribution in [3.63, 3.8) is 0 Å². The summed E-state index contributed by atoms with van der Waals surface area (Å²) in [5.41, 5.74) is 6.71. The summed E-state index contributed by atoms with van der Waals surface area (Å²) in [5.74, 6) is -3.27. The van der Waals surface area contributed by atoms with Crippen LogP contribution in [0.25, 0.3) is 0 Å². The van der Waals surface area contributed by atoms with Gasteiger partial charge in [-0.15, -0.1) is 0 Å². The van der Waals surface area contributed by atoms with E-state index in [0.29, 0.717) is 6.42 Å². The topological polar surface area (TPSA) is 151 Å². The van der Waals surface area contributed by atoms with Gasteiger partial charge in [-0.2, -0.15) is 12.6 Å². The summed E-state index contributed by atoms with van der Waals surface area (Å²) in [6, 6.07) is 4.96. The molecular formula is C23H36N4O5S. The molecule has 9 nitrogen and oxygen atoms in total. The van der Waals surface area contributed by atoms with Gasteiger partial charge in [0.1, 0.15) is 18.1 Å². The molecule has 0 saturated carbocycles. The summed E-state index contributed by atoms with van der Waals surface area (Å²) < 4.78 is 0. The Morgan fingerprint density at radius 1 is 0.939 bits per heavy atom. The predicted molar refractivity (Wildman–Crippen MR) is 130 cm³/mol. The highest BCUT2D eigenvalue weighted by molar-refractivity contribution is 7.80. The van der Waals surface area contributed by atoms with E-state index in [9.17, 15) is 24.3 Å². The Morgan fingerprint density at radius 3 is 2.00 bits per heavy atom. The van der Waals surface area contributed by atoms with E-state index in [1.807, 2.05) is 19.9 Å². The van der Waals surface area contributed by atoms with Gasteiger partial charge in [-0.1, -0.05) is 64.4 Å². The molecular weight excluding hydrogens is 444 g/mol. The number of rotatable bonds is 13. The molecule has 0 aliphatic carbocycles. The standard InChI is InChI=1S/C23H36N4O5S/c1-5-14(4)18(24)21(29)27-19(13(2)3)22(30)26-17(12-33)20(28)25-16(23(31)32)11-15-9-7-6-8-10-15/h6-10,13-14,16-19,33H,5,11-12,24H2,1-4H3,(H,25,28)(H,26,30)(H,27,29)(H,31,32). The molecule has 1 rings (SSSR count). The number of carboxylic acid groups (broad SMARTS) is 1. The van der Waals surface area contributed by atoms with Crippen LogP contribution in [0.3, 0.4) is 0 Å². The summed E-state index contributed by atoms with van der Waals surface area (Å²) >= 11 is 4.13. The average molecular weight is 481 g/mol. The summed E-state index contributed by atoms with van der Waals surface area (Å²) in [6.45, 7) is 7.29. The minimum Gasteiger partial charge on any atom is -0.480 e. The van der Waals surface area contributed by atoms with Crippen molar-refractivity contribution >= 4 is 36.3 Å². The highest BCUT2D eigenvalue weighted by Crippen LogP contribution is 2.09. The summed E-state index contributed by atoms with van der Waals surface area (Å²) in [6.07, 6.45) is 0.802. The van der Waals surface area contributed by atoms with Crippen molar-refractivity contribution in [3.05, 3.63) is 35.9 Å². The molecule has 0 saturated heterocycles. The normalized spacial score (nSPS) is 15.6. The van der Waals surface area contributed by atoms with E-state index in [1.54, 1.807) is 38.1 Å². The number of nitrogens with one attached hydrogen (secondary N) is 3. The number of aliphatic carboxylic acids is 1. The lowest BCUT2D eigenvalue weighted by Gasteiger charge is -2.27. The van der Waals surface area contributed by atoms with E-state index in [1.165, 1.54) is 0 Å². The maximum Gasteiger partial charge on any atom is 0.326 e. The Morgan fingerprint density at radius 2 is 1.52 bits per heavy atom. The van der Waals surface area contributed by atoms with Crippen LogP contribution in [-0.4, -0.2) is 58.7 Å². The minimum absolute atomic E-state index is 0.0552. The van der Waals surface area contributed by atoms with Crippen molar-refractivity contribution in [3.8, 4) is 0 Å². The number of nitrogens with two attached hydrogens (primary N) is 1. The zero-order valence-electron chi connectivity index (χ0n) is 19.6. The molecule has 3 amide bonds. The van der Waals surface area contributed by atoms with Crippen LogP contribution in [0.1, 0.15) is 39.7 Å². The largest absolute Gasteiger partial charge is 0.480 e. The van der Waals surface area contributed by atoms with Gasteiger partial charge < -0.3 is 26.8 Å². The van der Waals surface area contributed by atoms with Crippen LogP contribution in [-0.2, 0) is 25.6 Å². The monoisotopic (exact) mass is 480 g/mol. The van der Waals surface area contributed by atoms with Crippen molar-refractivity contribution in [1.29, 1.82) is 0 Å². The van der Waals surface area contributed by atoms with Crippen molar-refractivity contribution in [2.24, 2.45) is 17.6 Å². The second-order valence-corrected chi connectivity index (χ2v) is 8.84. The van der Waals surface area contributed by atoms with Gasteiger partial charge in [0.2, 0.25) is 17.7 Å². The first-order valence-electron chi connectivity index (χ1n) is 11.1. The number of carboxylic acids is 1. The van der Waals surface area contributed by atoms with Crippen molar-refractivity contribution in [2.75, 3.05) is 5.75 Å². The van der Waals surface area contributed by atoms with Gasteiger partial charge in [0, 0.05) is 12.2 Å². The molecule has 5 atom stereocenters. The number of thiol groups is 1. The Labute approximate surface area is 200 Å². The third-order valence-electron chi connectivity index (χ3n) is 5.52. The number of carbonyl (C=O) groups excluding carboxylic acids is 3. The lowest BCUT2D eigenvalue weighted by atomic mass is 9.97. The quantitative estimate of drug-likeness (QED) is 0.229. The molecule has 0 aromatic heterocycles. The Balaban J connectivity index is 2.85. The van der Waals surface area contributed by atoms with Gasteiger partial charge in [0.05, 0.1) is 6.04 Å². The molecule has 0 heterocycles. The molecule has 6 N–H and O–H groups in total. The molecule has 0 spiro atoms. The van der Waals surface area contributed by atoms with Crippen molar-refractivity contribution in [1.82, 2.24) is 16.0 Å². The third-order valence-corrected chi connectivity index (χ3v) is 5.88. The fraction of sp³-hybridized carbons (Fsp3) is 0.565. The second-order valence-electron chi connectivity index (χ2n) is 8.47. The van der Waals surface area contributed by atoms with Gasteiger partial charge in [-0.3, -0.25) is 14.4 Å². The van der Waals surface area contributed by atoms with E-state index in [-0.39, 0.29) is 24.0 Å². The first-order chi connectivity index (χ1) is 15.5. The average Bonchev–Trinajstić information content (AvgIpc) is 2.79. The molecule has 1 aromatic rings. The summed E-state index contributed by atoms with van der Waals surface area (Å²) in [5, 5.41) is 17.2. The van der Waals surface area contributed by atoms with E-state index >= 15 is 0 Å². The molecule has 0 radical (unpaired) electrons. The number of benzene rings is 1. The molecule has 0 aliphatic heterocycles. The smallest absolute Gasteiger partial charge is 0.326 e. The number of amides is 3. The SMILES string of the molecule is CCC(C)C(N)C(=O)NC(C(=O)NC(CS)C(=O)NC(Cc1ccccc1)C(=O)O)C(C)C.